The van der Waals surface area contributed by atoms with Crippen LogP contribution in [-0.2, 0) is 4.79 Å². The molecule has 0 radical (unpaired) electrons. The molecular formula is C25H20N6O. The molecule has 0 spiro atoms. The van der Waals surface area contributed by atoms with Gasteiger partial charge in [0.25, 0.3) is 5.91 Å². The fourth-order valence-corrected chi connectivity index (χ4v) is 4.11. The van der Waals surface area contributed by atoms with Gasteiger partial charge in [-0.25, -0.2) is 14.6 Å². The number of hydrogen-bond donors (Lipinski definition) is 1. The quantitative estimate of drug-likeness (QED) is 0.478. The van der Waals surface area contributed by atoms with Gasteiger partial charge < -0.3 is 10.6 Å². The van der Waals surface area contributed by atoms with E-state index in [1.165, 1.54) is 6.33 Å². The fourth-order valence-electron chi connectivity index (χ4n) is 4.11. The van der Waals surface area contributed by atoms with Crippen molar-refractivity contribution < 1.29 is 4.79 Å². The molecule has 0 unspecified atom stereocenters. The van der Waals surface area contributed by atoms with Crippen molar-refractivity contribution >= 4 is 33.5 Å². The summed E-state index contributed by atoms with van der Waals surface area (Å²) >= 11 is 0. The largest absolute Gasteiger partial charge is 0.383 e. The number of amides is 1. The van der Waals surface area contributed by atoms with E-state index in [0.29, 0.717) is 35.6 Å². The standard InChI is InChI=1S/C25H20N6O/c1-2-6-22(32)30-14-13-19(15-30)31-25-23(24(26)27-16-28-25)21(29-31)12-11-18-9-5-8-17-7-3-4-10-20(17)18/h3-5,7-10,16,19H,13-15H2,1H3,(H2,26,27,28)/t19-/m1/s1. The molecule has 1 saturated heterocycles. The average Bonchev–Trinajstić information content (AvgIpc) is 3.44. The smallest absolute Gasteiger partial charge is 0.298 e. The van der Waals surface area contributed by atoms with Gasteiger partial charge >= 0.3 is 0 Å². The fraction of sp³-hybridized carbons (Fsp3) is 0.200. The van der Waals surface area contributed by atoms with Crippen LogP contribution in [0.25, 0.3) is 21.8 Å². The highest BCUT2D eigenvalue weighted by atomic mass is 16.2. The summed E-state index contributed by atoms with van der Waals surface area (Å²) in [4.78, 5) is 22.5. The summed E-state index contributed by atoms with van der Waals surface area (Å²) in [6, 6.07) is 14.1. The van der Waals surface area contributed by atoms with Gasteiger partial charge in [0, 0.05) is 18.7 Å². The van der Waals surface area contributed by atoms with Crippen LogP contribution < -0.4 is 5.73 Å². The second-order valence-electron chi connectivity index (χ2n) is 7.60. The van der Waals surface area contributed by atoms with Gasteiger partial charge in [0.1, 0.15) is 17.8 Å². The topological polar surface area (TPSA) is 89.9 Å². The minimum absolute atomic E-state index is 0.0255. The van der Waals surface area contributed by atoms with Crippen molar-refractivity contribution in [3.63, 3.8) is 0 Å². The molecule has 3 heterocycles. The van der Waals surface area contributed by atoms with Crippen molar-refractivity contribution in [2.75, 3.05) is 18.8 Å². The SMILES string of the molecule is CC#CC(=O)N1CC[C@@H](n2nc(C#Cc3cccc4ccccc34)c3c(N)ncnc32)C1. The zero-order valence-corrected chi connectivity index (χ0v) is 17.5. The van der Waals surface area contributed by atoms with Crippen molar-refractivity contribution in [3.05, 3.63) is 60.0 Å². The Kier molecular flexibility index (Phi) is 4.93. The highest BCUT2D eigenvalue weighted by molar-refractivity contribution is 5.94. The molecule has 1 amide bonds. The summed E-state index contributed by atoms with van der Waals surface area (Å²) in [6.45, 7) is 2.80. The Morgan fingerprint density at radius 1 is 1.12 bits per heavy atom. The van der Waals surface area contributed by atoms with E-state index < -0.39 is 0 Å². The third-order valence-corrected chi connectivity index (χ3v) is 5.65. The second-order valence-corrected chi connectivity index (χ2v) is 7.60. The van der Waals surface area contributed by atoms with Gasteiger partial charge in [0.05, 0.1) is 11.4 Å². The summed E-state index contributed by atoms with van der Waals surface area (Å²) in [5, 5.41) is 7.60. The highest BCUT2D eigenvalue weighted by Crippen LogP contribution is 2.28. The minimum atomic E-state index is -0.170. The molecule has 2 aromatic heterocycles. The lowest BCUT2D eigenvalue weighted by Gasteiger charge is -2.13. The zero-order chi connectivity index (χ0) is 22.1. The Bertz CT molecular complexity index is 1480. The Morgan fingerprint density at radius 3 is 2.84 bits per heavy atom. The predicted molar refractivity (Wildman–Crippen MR) is 123 cm³/mol. The number of rotatable bonds is 1. The van der Waals surface area contributed by atoms with Crippen LogP contribution in [0.1, 0.15) is 30.6 Å². The number of carbonyl (C=O) groups excluding carboxylic acids is 1. The summed E-state index contributed by atoms with van der Waals surface area (Å²) in [6.07, 6.45) is 2.19. The molecule has 7 nitrogen and oxygen atoms in total. The van der Waals surface area contributed by atoms with E-state index in [0.717, 1.165) is 22.8 Å². The number of nitrogen functional groups attached to an aromatic ring is 1. The highest BCUT2D eigenvalue weighted by Gasteiger charge is 2.29. The number of hydrogen-bond acceptors (Lipinski definition) is 5. The maximum atomic E-state index is 12.2. The van der Waals surface area contributed by atoms with Crippen molar-refractivity contribution in [1.29, 1.82) is 0 Å². The molecule has 156 valence electrons. The normalized spacial score (nSPS) is 15.3. The number of fused-ring (bicyclic) bond motifs is 2. The minimum Gasteiger partial charge on any atom is -0.383 e. The lowest BCUT2D eigenvalue weighted by molar-refractivity contribution is -0.124. The molecule has 0 bridgehead atoms. The molecule has 0 aliphatic carbocycles. The van der Waals surface area contributed by atoms with Crippen LogP contribution in [0.5, 0.6) is 0 Å². The van der Waals surface area contributed by atoms with Crippen LogP contribution >= 0.6 is 0 Å². The number of nitrogens with two attached hydrogens (primary N) is 1. The summed E-state index contributed by atoms with van der Waals surface area (Å²) < 4.78 is 1.83. The molecular weight excluding hydrogens is 400 g/mol. The van der Waals surface area contributed by atoms with Gasteiger partial charge in [-0.05, 0) is 42.0 Å². The summed E-state index contributed by atoms with van der Waals surface area (Å²) in [5.74, 6) is 11.9. The Labute approximate surface area is 185 Å². The van der Waals surface area contributed by atoms with Crippen LogP contribution in [0.4, 0.5) is 5.82 Å². The Morgan fingerprint density at radius 2 is 1.97 bits per heavy atom. The Balaban J connectivity index is 1.57. The van der Waals surface area contributed by atoms with Crippen LogP contribution in [0.3, 0.4) is 0 Å². The molecule has 1 fully saturated rings. The molecule has 2 aromatic carbocycles. The predicted octanol–water partition coefficient (Wildman–Crippen LogP) is 2.76. The molecule has 7 heteroatoms. The molecule has 2 N–H and O–H groups in total. The number of benzene rings is 2. The molecule has 0 saturated carbocycles. The van der Waals surface area contributed by atoms with Crippen LogP contribution in [0.2, 0.25) is 0 Å². The second kappa shape index (κ2) is 8.05. The lowest BCUT2D eigenvalue weighted by atomic mass is 10.0. The van der Waals surface area contributed by atoms with Crippen molar-refractivity contribution in [2.45, 2.75) is 19.4 Å². The number of carbonyl (C=O) groups is 1. The molecule has 5 rings (SSSR count). The van der Waals surface area contributed by atoms with E-state index in [1.54, 1.807) is 11.8 Å². The number of anilines is 1. The first-order valence-electron chi connectivity index (χ1n) is 10.4. The van der Waals surface area contributed by atoms with Gasteiger partial charge in [-0.1, -0.05) is 48.2 Å². The van der Waals surface area contributed by atoms with E-state index in [2.05, 4.69) is 51.8 Å². The van der Waals surface area contributed by atoms with Gasteiger partial charge in [-0.2, -0.15) is 5.10 Å². The molecule has 1 atom stereocenters. The van der Waals surface area contributed by atoms with E-state index in [-0.39, 0.29) is 11.9 Å². The van der Waals surface area contributed by atoms with Crippen molar-refractivity contribution in [3.8, 4) is 23.7 Å². The average molecular weight is 420 g/mol. The van der Waals surface area contributed by atoms with Gasteiger partial charge in [0.2, 0.25) is 0 Å². The molecule has 4 aromatic rings. The van der Waals surface area contributed by atoms with Crippen molar-refractivity contribution in [2.24, 2.45) is 0 Å². The van der Waals surface area contributed by atoms with Gasteiger partial charge in [-0.3, -0.25) is 4.79 Å². The van der Waals surface area contributed by atoms with Crippen LogP contribution in [0.15, 0.2) is 48.8 Å². The van der Waals surface area contributed by atoms with Crippen LogP contribution in [-0.4, -0.2) is 43.6 Å². The number of nitrogens with zero attached hydrogens (tertiary/aromatic N) is 5. The van der Waals surface area contributed by atoms with Gasteiger partial charge in [0.15, 0.2) is 5.65 Å². The Hall–Kier alpha value is -4.36. The van der Waals surface area contributed by atoms with E-state index in [1.807, 2.05) is 28.9 Å². The van der Waals surface area contributed by atoms with Gasteiger partial charge in [-0.15, -0.1) is 0 Å². The maximum Gasteiger partial charge on any atom is 0.298 e. The third-order valence-electron chi connectivity index (χ3n) is 5.65. The number of likely N-dealkylation sites (tertiary alicyclic amines) is 1. The molecule has 1 aliphatic rings. The maximum absolute atomic E-state index is 12.2. The van der Waals surface area contributed by atoms with Crippen LogP contribution in [0, 0.1) is 23.7 Å². The molecule has 32 heavy (non-hydrogen) atoms. The first-order valence-corrected chi connectivity index (χ1v) is 10.4. The molecule has 1 aliphatic heterocycles. The van der Waals surface area contributed by atoms with E-state index >= 15 is 0 Å². The summed E-state index contributed by atoms with van der Waals surface area (Å²) in [5.41, 5.74) is 8.26. The monoisotopic (exact) mass is 420 g/mol. The first kappa shape index (κ1) is 19.6. The van der Waals surface area contributed by atoms with E-state index in [4.69, 9.17) is 10.8 Å². The lowest BCUT2D eigenvalue weighted by Crippen LogP contribution is -2.28. The third kappa shape index (κ3) is 3.40. The zero-order valence-electron chi connectivity index (χ0n) is 17.5. The van der Waals surface area contributed by atoms with E-state index in [9.17, 15) is 4.79 Å². The first-order chi connectivity index (χ1) is 15.7. The number of aromatic nitrogens is 4. The summed E-state index contributed by atoms with van der Waals surface area (Å²) in [7, 11) is 0. The van der Waals surface area contributed by atoms with Crippen molar-refractivity contribution in [1.82, 2.24) is 24.6 Å².